The molecule has 0 aliphatic carbocycles. The van der Waals surface area contributed by atoms with E-state index in [0.717, 1.165) is 16.8 Å². The topological polar surface area (TPSA) is 49.4 Å². The summed E-state index contributed by atoms with van der Waals surface area (Å²) in [5, 5.41) is 1.49. The van der Waals surface area contributed by atoms with Gasteiger partial charge in [-0.05, 0) is 54.2 Å². The Balaban J connectivity index is 1.80. The number of nitrogens with zero attached hydrogens (tertiary/aromatic N) is 1. The average molecular weight is 427 g/mol. The molecular formula is C17H9Cl2FN2O2S2. The predicted molar refractivity (Wildman–Crippen MR) is 105 cm³/mol. The first-order valence-electron chi connectivity index (χ1n) is 7.15. The minimum Gasteiger partial charge on any atom is -0.267 e. The molecule has 1 N–H and O–H groups in total. The SMILES string of the molecule is O=C(NN1C(=O)/C(=C/c2cccc(F)c2)SC1=S)c1ccc(Cl)cc1Cl. The summed E-state index contributed by atoms with van der Waals surface area (Å²) in [6, 6.07) is 10.2. The van der Waals surface area contributed by atoms with Crippen LogP contribution in [0.2, 0.25) is 10.0 Å². The smallest absolute Gasteiger partial charge is 0.267 e. The van der Waals surface area contributed by atoms with Crippen molar-refractivity contribution in [2.75, 3.05) is 0 Å². The normalized spacial score (nSPS) is 15.7. The van der Waals surface area contributed by atoms with Crippen LogP contribution in [0.25, 0.3) is 6.08 Å². The number of hydrogen-bond donors (Lipinski definition) is 1. The lowest BCUT2D eigenvalue weighted by Gasteiger charge is -2.16. The van der Waals surface area contributed by atoms with Crippen LogP contribution in [0.5, 0.6) is 0 Å². The van der Waals surface area contributed by atoms with Crippen LogP contribution in [0.15, 0.2) is 47.4 Å². The van der Waals surface area contributed by atoms with Gasteiger partial charge in [0.2, 0.25) is 0 Å². The van der Waals surface area contributed by atoms with Crippen LogP contribution < -0.4 is 5.43 Å². The molecule has 4 nitrogen and oxygen atoms in total. The molecule has 1 fully saturated rings. The molecule has 132 valence electrons. The number of hydrogen-bond acceptors (Lipinski definition) is 4. The first-order chi connectivity index (χ1) is 12.3. The number of benzene rings is 2. The number of halogens is 3. The van der Waals surface area contributed by atoms with Crippen molar-refractivity contribution in [1.82, 2.24) is 10.4 Å². The van der Waals surface area contributed by atoms with E-state index in [1.165, 1.54) is 42.5 Å². The van der Waals surface area contributed by atoms with Crippen molar-refractivity contribution in [2.24, 2.45) is 0 Å². The van der Waals surface area contributed by atoms with E-state index in [2.05, 4.69) is 5.43 Å². The molecule has 26 heavy (non-hydrogen) atoms. The van der Waals surface area contributed by atoms with Gasteiger partial charge in [-0.3, -0.25) is 15.0 Å². The highest BCUT2D eigenvalue weighted by atomic mass is 35.5. The lowest BCUT2D eigenvalue weighted by Crippen LogP contribution is -2.44. The van der Waals surface area contributed by atoms with Crippen LogP contribution >= 0.6 is 47.2 Å². The van der Waals surface area contributed by atoms with E-state index < -0.39 is 17.6 Å². The highest BCUT2D eigenvalue weighted by Crippen LogP contribution is 2.32. The van der Waals surface area contributed by atoms with Crippen LogP contribution in [-0.4, -0.2) is 21.1 Å². The fourth-order valence-electron chi connectivity index (χ4n) is 2.15. The lowest BCUT2D eigenvalue weighted by atomic mass is 10.2. The second-order valence-corrected chi connectivity index (χ2v) is 7.66. The van der Waals surface area contributed by atoms with E-state index in [1.807, 2.05) is 0 Å². The molecule has 0 bridgehead atoms. The third-order valence-electron chi connectivity index (χ3n) is 3.33. The van der Waals surface area contributed by atoms with Gasteiger partial charge in [0.05, 0.1) is 15.5 Å². The summed E-state index contributed by atoms with van der Waals surface area (Å²) in [6.07, 6.45) is 1.50. The molecule has 9 heteroatoms. The highest BCUT2D eigenvalue weighted by Gasteiger charge is 2.34. The lowest BCUT2D eigenvalue weighted by molar-refractivity contribution is -0.123. The molecule has 0 saturated carbocycles. The Hall–Kier alpha value is -1.93. The number of rotatable bonds is 3. The van der Waals surface area contributed by atoms with Gasteiger partial charge in [-0.2, -0.15) is 5.01 Å². The molecular weight excluding hydrogens is 418 g/mol. The third kappa shape index (κ3) is 4.07. The van der Waals surface area contributed by atoms with Crippen LogP contribution in [0, 0.1) is 5.82 Å². The molecule has 1 aliphatic rings. The fraction of sp³-hybridized carbons (Fsp3) is 0. The van der Waals surface area contributed by atoms with E-state index in [-0.39, 0.29) is 19.8 Å². The van der Waals surface area contributed by atoms with Crippen LogP contribution in [0.1, 0.15) is 15.9 Å². The van der Waals surface area contributed by atoms with Gasteiger partial charge >= 0.3 is 0 Å². The molecule has 3 rings (SSSR count). The van der Waals surface area contributed by atoms with Gasteiger partial charge in [-0.25, -0.2) is 4.39 Å². The maximum atomic E-state index is 13.3. The Labute approximate surface area is 167 Å². The van der Waals surface area contributed by atoms with Crippen molar-refractivity contribution in [1.29, 1.82) is 0 Å². The number of amides is 2. The van der Waals surface area contributed by atoms with Gasteiger partial charge < -0.3 is 0 Å². The van der Waals surface area contributed by atoms with Crippen molar-refractivity contribution < 1.29 is 14.0 Å². The van der Waals surface area contributed by atoms with Gasteiger partial charge in [0.15, 0.2) is 4.32 Å². The van der Waals surface area contributed by atoms with Gasteiger partial charge in [0.25, 0.3) is 11.8 Å². The largest absolute Gasteiger partial charge is 0.285 e. The van der Waals surface area contributed by atoms with Crippen LogP contribution in [0.4, 0.5) is 4.39 Å². The number of carbonyl (C=O) groups excluding carboxylic acids is 2. The molecule has 2 aromatic rings. The summed E-state index contributed by atoms with van der Waals surface area (Å²) in [4.78, 5) is 25.1. The van der Waals surface area contributed by atoms with E-state index in [9.17, 15) is 14.0 Å². The Morgan fingerprint density at radius 2 is 2.00 bits per heavy atom. The number of thiocarbonyl (C=S) groups is 1. The van der Waals surface area contributed by atoms with Gasteiger partial charge in [-0.1, -0.05) is 47.1 Å². The molecule has 0 radical (unpaired) electrons. The zero-order chi connectivity index (χ0) is 18.8. The number of carbonyl (C=O) groups is 2. The summed E-state index contributed by atoms with van der Waals surface area (Å²) in [6.45, 7) is 0. The molecule has 0 spiro atoms. The van der Waals surface area contributed by atoms with Crippen molar-refractivity contribution >= 4 is 69.4 Å². The van der Waals surface area contributed by atoms with Gasteiger partial charge in [0, 0.05) is 5.02 Å². The summed E-state index contributed by atoms with van der Waals surface area (Å²) >= 11 is 18.0. The molecule has 0 aromatic heterocycles. The van der Waals surface area contributed by atoms with E-state index in [4.69, 9.17) is 35.4 Å². The second kappa shape index (κ2) is 7.75. The maximum absolute atomic E-state index is 13.3. The average Bonchev–Trinajstić information content (AvgIpc) is 2.82. The van der Waals surface area contributed by atoms with Crippen molar-refractivity contribution in [3.8, 4) is 0 Å². The quantitative estimate of drug-likeness (QED) is 0.571. The van der Waals surface area contributed by atoms with Crippen molar-refractivity contribution in [2.45, 2.75) is 0 Å². The zero-order valence-corrected chi connectivity index (χ0v) is 16.0. The fourth-order valence-corrected chi connectivity index (χ4v) is 3.82. The molecule has 2 amide bonds. The van der Waals surface area contributed by atoms with Gasteiger partial charge in [-0.15, -0.1) is 0 Å². The van der Waals surface area contributed by atoms with E-state index in [1.54, 1.807) is 6.07 Å². The Morgan fingerprint density at radius 1 is 1.23 bits per heavy atom. The van der Waals surface area contributed by atoms with Crippen LogP contribution in [-0.2, 0) is 4.79 Å². The minimum absolute atomic E-state index is 0.149. The Morgan fingerprint density at radius 3 is 2.69 bits per heavy atom. The molecule has 0 unspecified atom stereocenters. The molecule has 1 aliphatic heterocycles. The van der Waals surface area contributed by atoms with Crippen molar-refractivity contribution in [3.05, 3.63) is 74.4 Å². The molecule has 0 atom stereocenters. The monoisotopic (exact) mass is 426 g/mol. The van der Waals surface area contributed by atoms with E-state index >= 15 is 0 Å². The standard InChI is InChI=1S/C17H9Cl2FN2O2S2/c18-10-4-5-12(13(19)8-10)15(23)21-22-16(24)14(26-17(22)25)7-9-2-1-3-11(20)6-9/h1-8H,(H,21,23)/b14-7-. The third-order valence-corrected chi connectivity index (χ3v) is 5.18. The maximum Gasteiger partial charge on any atom is 0.285 e. The molecule has 2 aromatic carbocycles. The number of nitrogens with one attached hydrogen (secondary N) is 1. The Bertz CT molecular complexity index is 966. The minimum atomic E-state index is -0.602. The second-order valence-electron chi connectivity index (χ2n) is 5.14. The van der Waals surface area contributed by atoms with E-state index in [0.29, 0.717) is 10.6 Å². The Kier molecular flexibility index (Phi) is 5.62. The zero-order valence-electron chi connectivity index (χ0n) is 12.8. The summed E-state index contributed by atoms with van der Waals surface area (Å²) in [5.41, 5.74) is 3.09. The number of hydrazine groups is 1. The van der Waals surface area contributed by atoms with Crippen LogP contribution in [0.3, 0.4) is 0 Å². The summed E-state index contributed by atoms with van der Waals surface area (Å²) in [5.74, 6) is -1.53. The first kappa shape index (κ1) is 18.8. The number of thioether (sulfide) groups is 1. The first-order valence-corrected chi connectivity index (χ1v) is 9.13. The summed E-state index contributed by atoms with van der Waals surface area (Å²) < 4.78 is 13.4. The highest BCUT2D eigenvalue weighted by molar-refractivity contribution is 8.26. The summed E-state index contributed by atoms with van der Waals surface area (Å²) in [7, 11) is 0. The predicted octanol–water partition coefficient (Wildman–Crippen LogP) is 4.68. The van der Waals surface area contributed by atoms with Gasteiger partial charge in [0.1, 0.15) is 5.82 Å². The van der Waals surface area contributed by atoms with Crippen molar-refractivity contribution in [3.63, 3.8) is 0 Å². The molecule has 1 heterocycles. The molecule has 1 saturated heterocycles.